The van der Waals surface area contributed by atoms with Crippen LogP contribution in [0.2, 0.25) is 0 Å². The minimum absolute atomic E-state index is 0.133. The fourth-order valence-electron chi connectivity index (χ4n) is 1.96. The van der Waals surface area contributed by atoms with E-state index in [0.717, 1.165) is 11.3 Å². The van der Waals surface area contributed by atoms with E-state index in [1.54, 1.807) is 14.0 Å². The lowest BCUT2D eigenvalue weighted by Crippen LogP contribution is -2.44. The topological polar surface area (TPSA) is 55.4 Å². The summed E-state index contributed by atoms with van der Waals surface area (Å²) >= 11 is 0. The largest absolute Gasteiger partial charge is 0.497 e. The molecule has 0 saturated carbocycles. The number of ether oxygens (including phenoxy) is 1. The molecule has 1 aliphatic rings. The second kappa shape index (κ2) is 4.66. The Hall–Kier alpha value is -1.07. The van der Waals surface area contributed by atoms with Crippen LogP contribution in [0, 0.1) is 0 Å². The fourth-order valence-corrected chi connectivity index (χ4v) is 3.42. The van der Waals surface area contributed by atoms with Crippen LogP contribution >= 0.6 is 0 Å². The number of sulfone groups is 1. The Morgan fingerprint density at radius 1 is 1.41 bits per heavy atom. The first-order valence-electron chi connectivity index (χ1n) is 5.62. The molecule has 2 rings (SSSR count). The van der Waals surface area contributed by atoms with Gasteiger partial charge >= 0.3 is 0 Å². The van der Waals surface area contributed by atoms with Crippen LogP contribution in [0.25, 0.3) is 0 Å². The van der Waals surface area contributed by atoms with Gasteiger partial charge < -0.3 is 10.1 Å². The Morgan fingerprint density at radius 2 is 2.18 bits per heavy atom. The quantitative estimate of drug-likeness (QED) is 0.861. The summed E-state index contributed by atoms with van der Waals surface area (Å²) in [6.45, 7) is 2.24. The maximum Gasteiger partial charge on any atom is 0.156 e. The van der Waals surface area contributed by atoms with E-state index in [2.05, 4.69) is 5.32 Å². The van der Waals surface area contributed by atoms with E-state index in [-0.39, 0.29) is 17.0 Å². The van der Waals surface area contributed by atoms with E-state index in [1.165, 1.54) is 0 Å². The fraction of sp³-hybridized carbons (Fsp3) is 0.500. The molecule has 5 heteroatoms. The zero-order valence-electron chi connectivity index (χ0n) is 10.0. The lowest BCUT2D eigenvalue weighted by Gasteiger charge is -2.28. The van der Waals surface area contributed by atoms with Crippen molar-refractivity contribution in [1.29, 1.82) is 0 Å². The maximum absolute atomic E-state index is 11.8. The molecule has 0 spiro atoms. The number of hydrogen-bond donors (Lipinski definition) is 1. The first-order valence-corrected chi connectivity index (χ1v) is 7.33. The van der Waals surface area contributed by atoms with Gasteiger partial charge in [-0.25, -0.2) is 8.42 Å². The average Bonchev–Trinajstić information content (AvgIpc) is 2.32. The van der Waals surface area contributed by atoms with Gasteiger partial charge in [-0.1, -0.05) is 12.1 Å². The minimum Gasteiger partial charge on any atom is -0.497 e. The lowest BCUT2D eigenvalue weighted by molar-refractivity contribution is 0.413. The molecule has 1 aromatic carbocycles. The summed E-state index contributed by atoms with van der Waals surface area (Å²) in [6, 6.07) is 7.39. The molecular formula is C12H17NO3S. The Labute approximate surface area is 102 Å². The van der Waals surface area contributed by atoms with Crippen LogP contribution in [-0.4, -0.2) is 33.1 Å². The molecule has 1 aromatic rings. The number of benzene rings is 1. The van der Waals surface area contributed by atoms with Crippen molar-refractivity contribution in [1.82, 2.24) is 5.32 Å². The van der Waals surface area contributed by atoms with E-state index < -0.39 is 9.84 Å². The summed E-state index contributed by atoms with van der Waals surface area (Å²) in [5.41, 5.74) is 0.958. The molecule has 17 heavy (non-hydrogen) atoms. The maximum atomic E-state index is 11.8. The SMILES string of the molecule is COc1cccc(C2CS(=O)(=O)C(C)CN2)c1. The normalized spacial score (nSPS) is 27.6. The Bertz CT molecular complexity index is 498. The molecule has 2 atom stereocenters. The third kappa shape index (κ3) is 2.61. The van der Waals surface area contributed by atoms with Crippen molar-refractivity contribution in [2.75, 3.05) is 19.4 Å². The highest BCUT2D eigenvalue weighted by atomic mass is 32.2. The molecule has 94 valence electrons. The van der Waals surface area contributed by atoms with Crippen molar-refractivity contribution in [3.05, 3.63) is 29.8 Å². The van der Waals surface area contributed by atoms with Gasteiger partial charge in [-0.15, -0.1) is 0 Å². The third-order valence-corrected chi connectivity index (χ3v) is 5.35. The van der Waals surface area contributed by atoms with Crippen LogP contribution < -0.4 is 10.1 Å². The van der Waals surface area contributed by atoms with Crippen LogP contribution in [0.3, 0.4) is 0 Å². The van der Waals surface area contributed by atoms with E-state index in [1.807, 2.05) is 24.3 Å². The number of methoxy groups -OCH3 is 1. The van der Waals surface area contributed by atoms with E-state index in [9.17, 15) is 8.42 Å². The van der Waals surface area contributed by atoms with Crippen molar-refractivity contribution < 1.29 is 13.2 Å². The highest BCUT2D eigenvalue weighted by Gasteiger charge is 2.31. The average molecular weight is 255 g/mol. The van der Waals surface area contributed by atoms with Crippen molar-refractivity contribution >= 4 is 9.84 Å². The molecular weight excluding hydrogens is 238 g/mol. The second-order valence-corrected chi connectivity index (χ2v) is 6.84. The first kappa shape index (κ1) is 12.4. The van der Waals surface area contributed by atoms with Gasteiger partial charge in [-0.05, 0) is 24.6 Å². The van der Waals surface area contributed by atoms with Gasteiger partial charge in [0.25, 0.3) is 0 Å². The van der Waals surface area contributed by atoms with Crippen molar-refractivity contribution in [2.45, 2.75) is 18.2 Å². The molecule has 1 aliphatic heterocycles. The number of rotatable bonds is 2. The van der Waals surface area contributed by atoms with Crippen LogP contribution in [0.15, 0.2) is 24.3 Å². The zero-order chi connectivity index (χ0) is 12.5. The number of hydrogen-bond acceptors (Lipinski definition) is 4. The third-order valence-electron chi connectivity index (χ3n) is 3.16. The van der Waals surface area contributed by atoms with Gasteiger partial charge in [0, 0.05) is 12.6 Å². The van der Waals surface area contributed by atoms with Gasteiger partial charge in [0.15, 0.2) is 9.84 Å². The molecule has 0 radical (unpaired) electrons. The number of nitrogens with one attached hydrogen (secondary N) is 1. The van der Waals surface area contributed by atoms with Crippen molar-refractivity contribution in [2.24, 2.45) is 0 Å². The molecule has 0 aromatic heterocycles. The zero-order valence-corrected chi connectivity index (χ0v) is 10.8. The summed E-state index contributed by atoms with van der Waals surface area (Å²) in [7, 11) is -1.38. The van der Waals surface area contributed by atoms with E-state index in [0.29, 0.717) is 6.54 Å². The monoisotopic (exact) mass is 255 g/mol. The van der Waals surface area contributed by atoms with Crippen molar-refractivity contribution in [3.63, 3.8) is 0 Å². The van der Waals surface area contributed by atoms with Gasteiger partial charge in [-0.3, -0.25) is 0 Å². The van der Waals surface area contributed by atoms with Gasteiger partial charge in [-0.2, -0.15) is 0 Å². The molecule has 2 unspecified atom stereocenters. The van der Waals surface area contributed by atoms with Gasteiger partial charge in [0.1, 0.15) is 5.75 Å². The molecule has 1 fully saturated rings. The van der Waals surface area contributed by atoms with Gasteiger partial charge in [0.2, 0.25) is 0 Å². The molecule has 4 nitrogen and oxygen atoms in total. The van der Waals surface area contributed by atoms with Crippen LogP contribution in [0.5, 0.6) is 5.75 Å². The van der Waals surface area contributed by atoms with Crippen LogP contribution in [0.4, 0.5) is 0 Å². The minimum atomic E-state index is -2.98. The van der Waals surface area contributed by atoms with Crippen molar-refractivity contribution in [3.8, 4) is 5.75 Å². The summed E-state index contributed by atoms with van der Waals surface area (Å²) in [6.07, 6.45) is 0. The predicted octanol–water partition coefficient (Wildman–Crippen LogP) is 1.14. The summed E-state index contributed by atoms with van der Waals surface area (Å²) < 4.78 is 28.8. The van der Waals surface area contributed by atoms with E-state index >= 15 is 0 Å². The smallest absolute Gasteiger partial charge is 0.156 e. The molecule has 1 heterocycles. The highest BCUT2D eigenvalue weighted by molar-refractivity contribution is 7.92. The van der Waals surface area contributed by atoms with Crippen LogP contribution in [0.1, 0.15) is 18.5 Å². The molecule has 0 amide bonds. The highest BCUT2D eigenvalue weighted by Crippen LogP contribution is 2.24. The standard InChI is InChI=1S/C12H17NO3S/c1-9-7-13-12(8-17(9,14)15)10-4-3-5-11(6-10)16-2/h3-6,9,12-13H,7-8H2,1-2H3. The Kier molecular flexibility index (Phi) is 3.40. The predicted molar refractivity (Wildman–Crippen MR) is 67.0 cm³/mol. The lowest BCUT2D eigenvalue weighted by atomic mass is 10.1. The summed E-state index contributed by atoms with van der Waals surface area (Å²) in [4.78, 5) is 0. The van der Waals surface area contributed by atoms with Crippen LogP contribution in [-0.2, 0) is 9.84 Å². The molecule has 0 bridgehead atoms. The summed E-state index contributed by atoms with van der Waals surface area (Å²) in [5.74, 6) is 0.904. The first-order chi connectivity index (χ1) is 8.03. The van der Waals surface area contributed by atoms with Gasteiger partial charge in [0.05, 0.1) is 18.1 Å². The van der Waals surface area contributed by atoms with E-state index in [4.69, 9.17) is 4.74 Å². The second-order valence-electron chi connectivity index (χ2n) is 4.38. The molecule has 1 saturated heterocycles. The molecule has 0 aliphatic carbocycles. The summed E-state index contributed by atoms with van der Waals surface area (Å²) in [5, 5.41) is 2.96. The molecule has 1 N–H and O–H groups in total. The Balaban J connectivity index is 2.23. The Morgan fingerprint density at radius 3 is 2.82 bits per heavy atom.